The molecular formula is C18H19N3O2. The van der Waals surface area contributed by atoms with Crippen molar-refractivity contribution in [1.82, 2.24) is 15.0 Å². The number of rotatable bonds is 3. The van der Waals surface area contributed by atoms with Gasteiger partial charge in [0.15, 0.2) is 5.76 Å². The first-order valence-corrected chi connectivity index (χ1v) is 7.94. The summed E-state index contributed by atoms with van der Waals surface area (Å²) in [6, 6.07) is 7.90. The van der Waals surface area contributed by atoms with Crippen molar-refractivity contribution < 1.29 is 9.63 Å². The maximum absolute atomic E-state index is 10.3. The molecule has 3 heterocycles. The zero-order chi connectivity index (χ0) is 15.8. The van der Waals surface area contributed by atoms with Crippen LogP contribution in [-0.4, -0.2) is 26.7 Å². The van der Waals surface area contributed by atoms with Gasteiger partial charge in [-0.3, -0.25) is 9.88 Å². The lowest BCUT2D eigenvalue weighted by atomic mass is 10.0. The van der Waals surface area contributed by atoms with Crippen molar-refractivity contribution in [3.8, 4) is 5.75 Å². The number of hydrogen-bond donors (Lipinski definition) is 1. The molecule has 5 nitrogen and oxygen atoms in total. The predicted octanol–water partition coefficient (Wildman–Crippen LogP) is 3.57. The average Bonchev–Trinajstić information content (AvgIpc) is 3.19. The zero-order valence-corrected chi connectivity index (χ0v) is 13.1. The highest BCUT2D eigenvalue weighted by Crippen LogP contribution is 2.36. The summed E-state index contributed by atoms with van der Waals surface area (Å²) in [6.07, 6.45) is 5.78. The lowest BCUT2D eigenvalue weighted by Gasteiger charge is -2.23. The molecule has 1 N–H and O–H groups in total. The predicted molar refractivity (Wildman–Crippen MR) is 87.0 cm³/mol. The first kappa shape index (κ1) is 14.2. The second-order valence-corrected chi connectivity index (χ2v) is 6.16. The SMILES string of the molecule is Cc1cc([C@H]2CCCN2Cc2c(O)ccc3ccncc23)on1. The molecule has 1 aliphatic rings. The van der Waals surface area contributed by atoms with E-state index in [2.05, 4.69) is 15.0 Å². The fourth-order valence-corrected chi connectivity index (χ4v) is 3.46. The Kier molecular flexibility index (Phi) is 3.50. The number of fused-ring (bicyclic) bond motifs is 1. The molecule has 1 aliphatic heterocycles. The molecule has 4 rings (SSSR count). The molecule has 0 bridgehead atoms. The van der Waals surface area contributed by atoms with Crippen molar-refractivity contribution in [3.63, 3.8) is 0 Å². The van der Waals surface area contributed by atoms with Crippen molar-refractivity contribution in [2.75, 3.05) is 6.54 Å². The Morgan fingerprint density at radius 1 is 1.35 bits per heavy atom. The number of phenols is 1. The van der Waals surface area contributed by atoms with E-state index in [4.69, 9.17) is 4.52 Å². The molecule has 1 fully saturated rings. The third kappa shape index (κ3) is 2.57. The van der Waals surface area contributed by atoms with Gasteiger partial charge in [-0.1, -0.05) is 11.2 Å². The summed E-state index contributed by atoms with van der Waals surface area (Å²) in [7, 11) is 0. The maximum Gasteiger partial charge on any atom is 0.154 e. The highest BCUT2D eigenvalue weighted by atomic mass is 16.5. The van der Waals surface area contributed by atoms with E-state index in [9.17, 15) is 5.11 Å². The monoisotopic (exact) mass is 309 g/mol. The lowest BCUT2D eigenvalue weighted by molar-refractivity contribution is 0.205. The van der Waals surface area contributed by atoms with Crippen molar-refractivity contribution >= 4 is 10.8 Å². The van der Waals surface area contributed by atoms with Gasteiger partial charge >= 0.3 is 0 Å². The van der Waals surface area contributed by atoms with Gasteiger partial charge in [0.05, 0.1) is 11.7 Å². The number of benzene rings is 1. The minimum atomic E-state index is 0.225. The quantitative estimate of drug-likeness (QED) is 0.801. The van der Waals surface area contributed by atoms with Crippen LogP contribution in [0.2, 0.25) is 0 Å². The van der Waals surface area contributed by atoms with E-state index in [0.717, 1.165) is 47.2 Å². The van der Waals surface area contributed by atoms with Crippen LogP contribution in [0.3, 0.4) is 0 Å². The van der Waals surface area contributed by atoms with Gasteiger partial charge in [0.25, 0.3) is 0 Å². The number of nitrogens with zero attached hydrogens (tertiary/aromatic N) is 3. The Labute approximate surface area is 134 Å². The van der Waals surface area contributed by atoms with Crippen LogP contribution >= 0.6 is 0 Å². The zero-order valence-electron chi connectivity index (χ0n) is 13.1. The van der Waals surface area contributed by atoms with E-state index in [1.54, 1.807) is 12.3 Å². The van der Waals surface area contributed by atoms with E-state index in [0.29, 0.717) is 12.3 Å². The number of pyridine rings is 1. The van der Waals surface area contributed by atoms with Crippen molar-refractivity contribution in [2.24, 2.45) is 0 Å². The molecule has 1 saturated heterocycles. The maximum atomic E-state index is 10.3. The van der Waals surface area contributed by atoms with E-state index in [1.807, 2.05) is 31.3 Å². The molecule has 1 aromatic carbocycles. The smallest absolute Gasteiger partial charge is 0.154 e. The van der Waals surface area contributed by atoms with Crippen molar-refractivity contribution in [3.05, 3.63) is 53.7 Å². The Bertz CT molecular complexity index is 843. The van der Waals surface area contributed by atoms with Crippen LogP contribution in [0.25, 0.3) is 10.8 Å². The summed E-state index contributed by atoms with van der Waals surface area (Å²) in [4.78, 5) is 6.56. The van der Waals surface area contributed by atoms with Crippen LogP contribution in [0.5, 0.6) is 5.75 Å². The molecule has 5 heteroatoms. The van der Waals surface area contributed by atoms with E-state index in [1.165, 1.54) is 0 Å². The summed E-state index contributed by atoms with van der Waals surface area (Å²) >= 11 is 0. The number of aromatic hydroxyl groups is 1. The molecule has 3 aromatic rings. The number of hydrogen-bond acceptors (Lipinski definition) is 5. The summed E-state index contributed by atoms with van der Waals surface area (Å²) in [5.41, 5.74) is 1.84. The topological polar surface area (TPSA) is 62.4 Å². The van der Waals surface area contributed by atoms with Crippen molar-refractivity contribution in [2.45, 2.75) is 32.4 Å². The minimum Gasteiger partial charge on any atom is -0.508 e. The van der Waals surface area contributed by atoms with Gasteiger partial charge in [-0.25, -0.2) is 0 Å². The largest absolute Gasteiger partial charge is 0.508 e. The Hall–Kier alpha value is -2.40. The van der Waals surface area contributed by atoms with Gasteiger partial charge < -0.3 is 9.63 Å². The molecule has 0 amide bonds. The van der Waals surface area contributed by atoms with Crippen LogP contribution < -0.4 is 0 Å². The highest BCUT2D eigenvalue weighted by molar-refractivity contribution is 5.86. The summed E-state index contributed by atoms with van der Waals surface area (Å²) < 4.78 is 5.47. The first-order chi connectivity index (χ1) is 11.2. The van der Waals surface area contributed by atoms with E-state index >= 15 is 0 Å². The molecule has 0 spiro atoms. The third-order valence-corrected chi connectivity index (χ3v) is 4.61. The van der Waals surface area contributed by atoms with Gasteiger partial charge in [0.1, 0.15) is 5.75 Å². The van der Waals surface area contributed by atoms with Crippen LogP contribution in [0, 0.1) is 6.92 Å². The second kappa shape index (κ2) is 5.66. The fourth-order valence-electron chi connectivity index (χ4n) is 3.46. The van der Waals surface area contributed by atoms with Crippen molar-refractivity contribution in [1.29, 1.82) is 0 Å². The molecule has 0 aliphatic carbocycles. The molecule has 2 aromatic heterocycles. The Morgan fingerprint density at radius 3 is 3.09 bits per heavy atom. The third-order valence-electron chi connectivity index (χ3n) is 4.61. The fraction of sp³-hybridized carbons (Fsp3) is 0.333. The molecule has 118 valence electrons. The summed E-state index contributed by atoms with van der Waals surface area (Å²) in [5.74, 6) is 1.24. The molecule has 0 saturated carbocycles. The van der Waals surface area contributed by atoms with Crippen LogP contribution in [0.15, 0.2) is 41.2 Å². The average molecular weight is 309 g/mol. The number of likely N-dealkylation sites (tertiary alicyclic amines) is 1. The van der Waals surface area contributed by atoms with Gasteiger partial charge in [-0.2, -0.15) is 0 Å². The Balaban J connectivity index is 1.68. The second-order valence-electron chi connectivity index (χ2n) is 6.16. The van der Waals surface area contributed by atoms with Gasteiger partial charge in [0.2, 0.25) is 0 Å². The molecule has 23 heavy (non-hydrogen) atoms. The number of aromatic nitrogens is 2. The Morgan fingerprint density at radius 2 is 2.26 bits per heavy atom. The summed E-state index contributed by atoms with van der Waals surface area (Å²) in [6.45, 7) is 3.61. The van der Waals surface area contributed by atoms with E-state index < -0.39 is 0 Å². The van der Waals surface area contributed by atoms with Gasteiger partial charge in [-0.15, -0.1) is 0 Å². The highest BCUT2D eigenvalue weighted by Gasteiger charge is 2.30. The van der Waals surface area contributed by atoms with Crippen LogP contribution in [0.1, 0.15) is 35.9 Å². The lowest BCUT2D eigenvalue weighted by Crippen LogP contribution is -2.22. The van der Waals surface area contributed by atoms with Gasteiger partial charge in [0, 0.05) is 36.0 Å². The normalized spacial score (nSPS) is 18.7. The molecule has 0 unspecified atom stereocenters. The van der Waals surface area contributed by atoms with E-state index in [-0.39, 0.29) is 6.04 Å². The number of phenolic OH excluding ortho intramolecular Hbond substituents is 1. The van der Waals surface area contributed by atoms with Crippen LogP contribution in [0.4, 0.5) is 0 Å². The summed E-state index contributed by atoms with van der Waals surface area (Å²) in [5, 5.41) is 16.5. The standard InChI is InChI=1S/C18H19N3O2/c1-12-9-18(23-20-12)16-3-2-8-21(16)11-15-14-10-19-7-6-13(14)4-5-17(15)22/h4-7,9-10,16,22H,2-3,8,11H2,1H3/t16-/m1/s1. The van der Waals surface area contributed by atoms with Gasteiger partial charge in [-0.05, 0) is 43.8 Å². The molecule has 0 radical (unpaired) electrons. The minimum absolute atomic E-state index is 0.225. The molecular weight excluding hydrogens is 290 g/mol. The van der Waals surface area contributed by atoms with Crippen LogP contribution in [-0.2, 0) is 6.54 Å². The number of aryl methyl sites for hydroxylation is 1. The molecule has 1 atom stereocenters. The first-order valence-electron chi connectivity index (χ1n) is 7.94.